The molecule has 2 aromatic rings. The average molecular weight is 438 g/mol. The van der Waals surface area contributed by atoms with Crippen molar-refractivity contribution in [1.82, 2.24) is 4.90 Å². The topological polar surface area (TPSA) is 102 Å². The van der Waals surface area contributed by atoms with E-state index in [1.54, 1.807) is 48.5 Å². The van der Waals surface area contributed by atoms with Crippen molar-refractivity contribution in [3.63, 3.8) is 0 Å². The minimum atomic E-state index is -1.12. The molecule has 0 spiro atoms. The van der Waals surface area contributed by atoms with Crippen molar-refractivity contribution >= 4 is 29.4 Å². The SMILES string of the molecule is CCOc1ccccc1NC(=O)COC(=O)C(CC(C)C)N1C(=O)c2ccccc2C1=O. The average Bonchev–Trinajstić information content (AvgIpc) is 3.02. The van der Waals surface area contributed by atoms with Gasteiger partial charge in [-0.25, -0.2) is 4.79 Å². The first-order valence-electron chi connectivity index (χ1n) is 10.5. The van der Waals surface area contributed by atoms with Crippen LogP contribution in [-0.4, -0.2) is 47.8 Å². The van der Waals surface area contributed by atoms with Gasteiger partial charge in [0.15, 0.2) is 6.61 Å². The van der Waals surface area contributed by atoms with E-state index in [-0.39, 0.29) is 23.5 Å². The minimum Gasteiger partial charge on any atom is -0.492 e. The number of fused-ring (bicyclic) bond motifs is 1. The van der Waals surface area contributed by atoms with E-state index in [9.17, 15) is 19.2 Å². The molecule has 0 aliphatic carbocycles. The highest BCUT2D eigenvalue weighted by atomic mass is 16.5. The Kier molecular flexibility index (Phi) is 7.25. The molecular weight excluding hydrogens is 412 g/mol. The van der Waals surface area contributed by atoms with Gasteiger partial charge in [0.1, 0.15) is 11.8 Å². The van der Waals surface area contributed by atoms with E-state index < -0.39 is 36.3 Å². The third-order valence-corrected chi connectivity index (χ3v) is 4.91. The minimum absolute atomic E-state index is 0.00348. The van der Waals surface area contributed by atoms with Crippen LogP contribution in [0, 0.1) is 5.92 Å². The fourth-order valence-corrected chi connectivity index (χ4v) is 3.51. The normalized spacial score (nSPS) is 13.7. The molecule has 1 N–H and O–H groups in total. The van der Waals surface area contributed by atoms with E-state index in [1.807, 2.05) is 20.8 Å². The Hall–Kier alpha value is -3.68. The highest BCUT2D eigenvalue weighted by Crippen LogP contribution is 2.27. The summed E-state index contributed by atoms with van der Waals surface area (Å²) in [5.74, 6) is -1.94. The number of carbonyl (C=O) groups excluding carboxylic acids is 4. The number of hydrogen-bond donors (Lipinski definition) is 1. The molecule has 8 nitrogen and oxygen atoms in total. The lowest BCUT2D eigenvalue weighted by atomic mass is 10.0. The van der Waals surface area contributed by atoms with Gasteiger partial charge in [0.25, 0.3) is 17.7 Å². The fourth-order valence-electron chi connectivity index (χ4n) is 3.51. The summed E-state index contributed by atoms with van der Waals surface area (Å²) in [5.41, 5.74) is 0.961. The van der Waals surface area contributed by atoms with Crippen molar-refractivity contribution in [2.75, 3.05) is 18.5 Å². The molecule has 3 amide bonds. The third-order valence-electron chi connectivity index (χ3n) is 4.91. The van der Waals surface area contributed by atoms with E-state index in [0.29, 0.717) is 18.0 Å². The van der Waals surface area contributed by atoms with Crippen LogP contribution in [0.1, 0.15) is 47.9 Å². The van der Waals surface area contributed by atoms with Crippen LogP contribution in [0.3, 0.4) is 0 Å². The van der Waals surface area contributed by atoms with E-state index in [4.69, 9.17) is 9.47 Å². The smallest absolute Gasteiger partial charge is 0.329 e. The summed E-state index contributed by atoms with van der Waals surface area (Å²) in [4.78, 5) is 51.8. The van der Waals surface area contributed by atoms with Gasteiger partial charge in [-0.15, -0.1) is 0 Å². The van der Waals surface area contributed by atoms with Crippen LogP contribution >= 0.6 is 0 Å². The van der Waals surface area contributed by atoms with Crippen molar-refractivity contribution in [3.8, 4) is 5.75 Å². The summed E-state index contributed by atoms with van der Waals surface area (Å²) in [6.45, 7) is 5.44. The van der Waals surface area contributed by atoms with Gasteiger partial charge in [-0.05, 0) is 43.5 Å². The highest BCUT2D eigenvalue weighted by molar-refractivity contribution is 6.22. The predicted molar refractivity (Wildman–Crippen MR) is 117 cm³/mol. The first-order chi connectivity index (χ1) is 15.3. The summed E-state index contributed by atoms with van der Waals surface area (Å²) < 4.78 is 10.7. The van der Waals surface area contributed by atoms with Crippen LogP contribution in [0.4, 0.5) is 5.69 Å². The maximum Gasteiger partial charge on any atom is 0.329 e. The Morgan fingerprint density at radius 3 is 2.16 bits per heavy atom. The van der Waals surface area contributed by atoms with E-state index in [2.05, 4.69) is 5.32 Å². The summed E-state index contributed by atoms with van der Waals surface area (Å²) in [6, 6.07) is 12.2. The zero-order valence-electron chi connectivity index (χ0n) is 18.3. The molecule has 168 valence electrons. The molecule has 1 heterocycles. The van der Waals surface area contributed by atoms with Gasteiger partial charge in [0.05, 0.1) is 23.4 Å². The zero-order valence-corrected chi connectivity index (χ0v) is 18.3. The number of carbonyl (C=O) groups is 4. The maximum atomic E-state index is 12.9. The summed E-state index contributed by atoms with van der Waals surface area (Å²) in [7, 11) is 0. The van der Waals surface area contributed by atoms with Crippen molar-refractivity contribution in [3.05, 3.63) is 59.7 Å². The van der Waals surface area contributed by atoms with Crippen LogP contribution in [0.25, 0.3) is 0 Å². The number of imide groups is 1. The number of nitrogens with zero attached hydrogens (tertiary/aromatic N) is 1. The first-order valence-corrected chi connectivity index (χ1v) is 10.5. The van der Waals surface area contributed by atoms with Crippen LogP contribution in [0.5, 0.6) is 5.75 Å². The Balaban J connectivity index is 1.69. The van der Waals surface area contributed by atoms with Crippen LogP contribution < -0.4 is 10.1 Å². The number of ether oxygens (including phenoxy) is 2. The molecule has 8 heteroatoms. The van der Waals surface area contributed by atoms with E-state index in [0.717, 1.165) is 4.90 Å². The van der Waals surface area contributed by atoms with Crippen LogP contribution in [0.2, 0.25) is 0 Å². The number of amides is 3. The molecule has 1 atom stereocenters. The standard InChI is InChI=1S/C24H26N2O6/c1-4-31-20-12-8-7-11-18(20)25-21(27)14-32-24(30)19(13-15(2)3)26-22(28)16-9-5-6-10-17(16)23(26)29/h5-12,15,19H,4,13-14H2,1-3H3,(H,25,27). The van der Waals surface area contributed by atoms with Gasteiger partial charge in [-0.1, -0.05) is 38.1 Å². The number of hydrogen-bond acceptors (Lipinski definition) is 6. The zero-order chi connectivity index (χ0) is 23.3. The second kappa shape index (κ2) is 10.1. The molecule has 1 aliphatic heterocycles. The molecule has 1 unspecified atom stereocenters. The number of esters is 1. The summed E-state index contributed by atoms with van der Waals surface area (Å²) in [6.07, 6.45) is 0.221. The monoisotopic (exact) mass is 438 g/mol. The molecular formula is C24H26N2O6. The lowest BCUT2D eigenvalue weighted by Gasteiger charge is -2.25. The van der Waals surface area contributed by atoms with Crippen LogP contribution in [0.15, 0.2) is 48.5 Å². The number of para-hydroxylation sites is 2. The maximum absolute atomic E-state index is 12.9. The Labute approximate surface area is 186 Å². The highest BCUT2D eigenvalue weighted by Gasteiger charge is 2.43. The van der Waals surface area contributed by atoms with Crippen molar-refractivity contribution in [2.24, 2.45) is 5.92 Å². The molecule has 0 radical (unpaired) electrons. The fraction of sp³-hybridized carbons (Fsp3) is 0.333. The van der Waals surface area contributed by atoms with Crippen molar-refractivity contribution < 1.29 is 28.7 Å². The van der Waals surface area contributed by atoms with Gasteiger partial charge >= 0.3 is 5.97 Å². The number of benzene rings is 2. The molecule has 0 bridgehead atoms. The number of anilines is 1. The van der Waals surface area contributed by atoms with Crippen LogP contribution in [-0.2, 0) is 14.3 Å². The molecule has 2 aromatic carbocycles. The summed E-state index contributed by atoms with van der Waals surface area (Å²) >= 11 is 0. The van der Waals surface area contributed by atoms with Crippen molar-refractivity contribution in [1.29, 1.82) is 0 Å². The number of nitrogens with one attached hydrogen (secondary N) is 1. The predicted octanol–water partition coefficient (Wildman–Crippen LogP) is 3.28. The lowest BCUT2D eigenvalue weighted by Crippen LogP contribution is -2.46. The number of rotatable bonds is 9. The van der Waals surface area contributed by atoms with E-state index in [1.165, 1.54) is 0 Å². The van der Waals surface area contributed by atoms with Gasteiger partial charge < -0.3 is 14.8 Å². The largest absolute Gasteiger partial charge is 0.492 e. The van der Waals surface area contributed by atoms with Gasteiger partial charge in [0.2, 0.25) is 0 Å². The van der Waals surface area contributed by atoms with Gasteiger partial charge in [-0.2, -0.15) is 0 Å². The molecule has 0 saturated carbocycles. The lowest BCUT2D eigenvalue weighted by molar-refractivity contribution is -0.151. The van der Waals surface area contributed by atoms with Crippen molar-refractivity contribution in [2.45, 2.75) is 33.2 Å². The third kappa shape index (κ3) is 4.96. The quantitative estimate of drug-likeness (QED) is 0.476. The van der Waals surface area contributed by atoms with Gasteiger partial charge in [-0.3, -0.25) is 19.3 Å². The second-order valence-electron chi connectivity index (χ2n) is 7.76. The van der Waals surface area contributed by atoms with E-state index >= 15 is 0 Å². The molecule has 0 fully saturated rings. The molecule has 32 heavy (non-hydrogen) atoms. The van der Waals surface area contributed by atoms with Gasteiger partial charge in [0, 0.05) is 0 Å². The Morgan fingerprint density at radius 1 is 0.969 bits per heavy atom. The molecule has 1 aliphatic rings. The molecule has 0 saturated heterocycles. The first kappa shape index (κ1) is 23.0. The Bertz CT molecular complexity index is 998. The summed E-state index contributed by atoms with van der Waals surface area (Å²) in [5, 5.41) is 2.64. The molecule has 3 rings (SSSR count). The molecule has 0 aromatic heterocycles. The Morgan fingerprint density at radius 2 is 1.56 bits per heavy atom. The second-order valence-corrected chi connectivity index (χ2v) is 7.76.